The number of nitrogens with zero attached hydrogens (tertiary/aromatic N) is 1. The minimum absolute atomic E-state index is 0. The summed E-state index contributed by atoms with van der Waals surface area (Å²) in [6.07, 6.45) is -0.927. The van der Waals surface area contributed by atoms with E-state index in [2.05, 4.69) is 5.16 Å². The van der Waals surface area contributed by atoms with E-state index in [0.29, 0.717) is 11.1 Å². The molecule has 2 N–H and O–H groups in total. The van der Waals surface area contributed by atoms with Crippen LogP contribution in [0.25, 0.3) is 0 Å². The summed E-state index contributed by atoms with van der Waals surface area (Å²) in [6.45, 7) is 0. The monoisotopic (exact) mass is 282 g/mol. The first kappa shape index (κ1) is 14.5. The van der Waals surface area contributed by atoms with Crippen molar-refractivity contribution in [2.24, 2.45) is 5.16 Å². The number of oxime groups is 1. The zero-order chi connectivity index (χ0) is 12.1. The zero-order valence-corrected chi connectivity index (χ0v) is 10.8. The molecular weight excluding hydrogens is 269 g/mol. The van der Waals surface area contributed by atoms with Crippen LogP contribution in [-0.4, -0.2) is 16.0 Å². The number of rotatable bonds is 3. The third kappa shape index (κ3) is 3.20. The average Bonchev–Trinajstić information content (AvgIpc) is 2.42. The van der Waals surface area contributed by atoms with Crippen molar-refractivity contribution in [1.82, 2.24) is 0 Å². The van der Waals surface area contributed by atoms with Gasteiger partial charge >= 0.3 is 0 Å². The summed E-state index contributed by atoms with van der Waals surface area (Å²) in [7, 11) is 0. The molecule has 0 bridgehead atoms. The molecule has 0 amide bonds. The molecule has 0 spiro atoms. The molecule has 2 aromatic carbocycles. The Morgan fingerprint density at radius 2 is 1.39 bits per heavy atom. The molecule has 1 radical (unpaired) electrons. The van der Waals surface area contributed by atoms with Gasteiger partial charge in [0.05, 0.1) is 0 Å². The van der Waals surface area contributed by atoms with Crippen LogP contribution in [0.3, 0.4) is 0 Å². The van der Waals surface area contributed by atoms with Gasteiger partial charge < -0.3 is 10.3 Å². The molecule has 0 saturated heterocycles. The van der Waals surface area contributed by atoms with Crippen LogP contribution in [0.5, 0.6) is 0 Å². The molecule has 93 valence electrons. The Hall–Kier alpha value is -1.61. The van der Waals surface area contributed by atoms with E-state index in [1.165, 1.54) is 0 Å². The van der Waals surface area contributed by atoms with Crippen molar-refractivity contribution < 1.29 is 27.4 Å². The Kier molecular flexibility index (Phi) is 5.59. The molecular formula is C14H13MnNO2. The van der Waals surface area contributed by atoms with Crippen molar-refractivity contribution in [3.8, 4) is 0 Å². The summed E-state index contributed by atoms with van der Waals surface area (Å²) >= 11 is 0. The van der Waals surface area contributed by atoms with Gasteiger partial charge in [-0.1, -0.05) is 65.8 Å². The van der Waals surface area contributed by atoms with Crippen LogP contribution < -0.4 is 0 Å². The van der Waals surface area contributed by atoms with Crippen molar-refractivity contribution >= 4 is 5.71 Å². The van der Waals surface area contributed by atoms with Crippen LogP contribution in [0.4, 0.5) is 0 Å². The van der Waals surface area contributed by atoms with Crippen LogP contribution in [0, 0.1) is 0 Å². The largest absolute Gasteiger partial charge is 0.411 e. The van der Waals surface area contributed by atoms with Crippen LogP contribution in [-0.2, 0) is 17.1 Å². The fourth-order valence-electron chi connectivity index (χ4n) is 1.67. The molecule has 0 aromatic heterocycles. The summed E-state index contributed by atoms with van der Waals surface area (Å²) in [6, 6.07) is 18.2. The average molecular weight is 282 g/mol. The Morgan fingerprint density at radius 1 is 0.889 bits per heavy atom. The standard InChI is InChI=1S/C14H13NO2.Mn/c16-14(12-9-5-2-6-10-12)13(15-17)11-7-3-1-4-8-11;/h1-10,14,16-17H;. The molecule has 0 aliphatic carbocycles. The van der Waals surface area contributed by atoms with Gasteiger partial charge in [-0.15, -0.1) is 0 Å². The van der Waals surface area contributed by atoms with E-state index in [4.69, 9.17) is 5.21 Å². The summed E-state index contributed by atoms with van der Waals surface area (Å²) in [5.74, 6) is 0. The molecule has 1 unspecified atom stereocenters. The second-order valence-electron chi connectivity index (χ2n) is 3.66. The minimum atomic E-state index is -0.927. The van der Waals surface area contributed by atoms with E-state index in [-0.39, 0.29) is 22.8 Å². The Labute approximate surface area is 116 Å². The number of aliphatic hydroxyl groups is 1. The van der Waals surface area contributed by atoms with Gasteiger partial charge in [-0.05, 0) is 5.56 Å². The molecule has 0 aliphatic rings. The van der Waals surface area contributed by atoms with Crippen molar-refractivity contribution in [3.63, 3.8) is 0 Å². The first-order valence-electron chi connectivity index (χ1n) is 5.33. The summed E-state index contributed by atoms with van der Waals surface area (Å²) in [5, 5.41) is 22.4. The molecule has 2 aromatic rings. The van der Waals surface area contributed by atoms with E-state index in [9.17, 15) is 5.11 Å². The maximum absolute atomic E-state index is 10.1. The summed E-state index contributed by atoms with van der Waals surface area (Å²) in [5.41, 5.74) is 1.65. The summed E-state index contributed by atoms with van der Waals surface area (Å²) in [4.78, 5) is 0. The first-order chi connectivity index (χ1) is 8.33. The molecule has 0 aliphatic heterocycles. The minimum Gasteiger partial charge on any atom is -0.411 e. The maximum atomic E-state index is 10.1. The summed E-state index contributed by atoms with van der Waals surface area (Å²) < 4.78 is 0. The maximum Gasteiger partial charge on any atom is 0.125 e. The predicted octanol–water partition coefficient (Wildman–Crippen LogP) is 2.60. The molecule has 3 nitrogen and oxygen atoms in total. The van der Waals surface area contributed by atoms with Crippen LogP contribution in [0.15, 0.2) is 65.8 Å². The fraction of sp³-hybridized carbons (Fsp3) is 0.0714. The van der Waals surface area contributed by atoms with Gasteiger partial charge in [0, 0.05) is 22.6 Å². The molecule has 2 rings (SSSR count). The van der Waals surface area contributed by atoms with Crippen molar-refractivity contribution in [2.75, 3.05) is 0 Å². The van der Waals surface area contributed by atoms with Crippen molar-refractivity contribution in [3.05, 3.63) is 71.8 Å². The van der Waals surface area contributed by atoms with Gasteiger partial charge in [0.15, 0.2) is 0 Å². The number of hydrogen-bond acceptors (Lipinski definition) is 3. The molecule has 0 heterocycles. The van der Waals surface area contributed by atoms with Crippen molar-refractivity contribution in [2.45, 2.75) is 6.10 Å². The van der Waals surface area contributed by atoms with E-state index >= 15 is 0 Å². The molecule has 0 fully saturated rings. The molecule has 0 saturated carbocycles. The van der Waals surface area contributed by atoms with E-state index in [1.807, 2.05) is 36.4 Å². The third-order valence-electron chi connectivity index (χ3n) is 2.55. The zero-order valence-electron chi connectivity index (χ0n) is 9.57. The fourth-order valence-corrected chi connectivity index (χ4v) is 1.67. The molecule has 18 heavy (non-hydrogen) atoms. The van der Waals surface area contributed by atoms with Crippen LogP contribution in [0.1, 0.15) is 17.2 Å². The molecule has 4 heteroatoms. The Morgan fingerprint density at radius 3 is 1.89 bits per heavy atom. The van der Waals surface area contributed by atoms with E-state index in [1.54, 1.807) is 24.3 Å². The van der Waals surface area contributed by atoms with Crippen molar-refractivity contribution in [1.29, 1.82) is 0 Å². The number of hydrogen-bond donors (Lipinski definition) is 2. The van der Waals surface area contributed by atoms with Crippen LogP contribution >= 0.6 is 0 Å². The van der Waals surface area contributed by atoms with Crippen LogP contribution in [0.2, 0.25) is 0 Å². The van der Waals surface area contributed by atoms with Gasteiger partial charge in [-0.2, -0.15) is 0 Å². The van der Waals surface area contributed by atoms with Gasteiger partial charge in [0.2, 0.25) is 0 Å². The second kappa shape index (κ2) is 6.96. The Balaban J connectivity index is 0.00000162. The Bertz CT molecular complexity index is 500. The van der Waals surface area contributed by atoms with E-state index < -0.39 is 6.10 Å². The van der Waals surface area contributed by atoms with E-state index in [0.717, 1.165) is 0 Å². The first-order valence-corrected chi connectivity index (χ1v) is 5.33. The smallest absolute Gasteiger partial charge is 0.125 e. The normalized spacial score (nSPS) is 12.6. The van der Waals surface area contributed by atoms with Gasteiger partial charge in [-0.25, -0.2) is 0 Å². The predicted molar refractivity (Wildman–Crippen MR) is 66.2 cm³/mol. The van der Waals surface area contributed by atoms with Gasteiger partial charge in [-0.3, -0.25) is 0 Å². The SMILES string of the molecule is ON=C(c1ccccc1)C(O)c1ccccc1.[Mn]. The third-order valence-corrected chi connectivity index (χ3v) is 2.55. The van der Waals surface area contributed by atoms with Gasteiger partial charge in [0.1, 0.15) is 11.8 Å². The number of benzene rings is 2. The quantitative estimate of drug-likeness (QED) is 0.393. The molecule has 1 atom stereocenters. The number of aliphatic hydroxyl groups excluding tert-OH is 1. The topological polar surface area (TPSA) is 52.8 Å². The van der Waals surface area contributed by atoms with Gasteiger partial charge in [0.25, 0.3) is 0 Å². The second-order valence-corrected chi connectivity index (χ2v) is 3.66.